The van der Waals surface area contributed by atoms with Gasteiger partial charge in [0.1, 0.15) is 11.4 Å². The van der Waals surface area contributed by atoms with E-state index in [1.807, 2.05) is 38.2 Å². The van der Waals surface area contributed by atoms with Crippen molar-refractivity contribution in [2.24, 2.45) is 0 Å². The van der Waals surface area contributed by atoms with Crippen LogP contribution >= 0.6 is 11.6 Å². The fourth-order valence-electron chi connectivity index (χ4n) is 2.57. The number of aryl methyl sites for hydroxylation is 1. The lowest BCUT2D eigenvalue weighted by Crippen LogP contribution is -2.24. The van der Waals surface area contributed by atoms with E-state index in [1.54, 1.807) is 23.0 Å². The molecule has 1 amide bonds. The third kappa shape index (κ3) is 3.70. The Bertz CT molecular complexity index is 952. The number of nitrogens with one attached hydrogen (secondary N) is 1. The van der Waals surface area contributed by atoms with Crippen molar-refractivity contribution >= 4 is 17.5 Å². The maximum Gasteiger partial charge on any atom is 0.270 e. The van der Waals surface area contributed by atoms with Gasteiger partial charge in [-0.2, -0.15) is 0 Å². The van der Waals surface area contributed by atoms with Gasteiger partial charge >= 0.3 is 0 Å². The number of halogens is 1. The molecule has 134 valence electrons. The Morgan fingerprint density at radius 3 is 2.77 bits per heavy atom. The number of methoxy groups -OCH3 is 1. The zero-order chi connectivity index (χ0) is 18.7. The van der Waals surface area contributed by atoms with Gasteiger partial charge in [-0.25, -0.2) is 9.97 Å². The van der Waals surface area contributed by atoms with Gasteiger partial charge in [-0.05, 0) is 43.2 Å². The van der Waals surface area contributed by atoms with E-state index in [0.29, 0.717) is 17.4 Å². The van der Waals surface area contributed by atoms with Crippen molar-refractivity contribution in [3.8, 4) is 11.6 Å². The molecule has 0 aliphatic carbocycles. The van der Waals surface area contributed by atoms with Crippen molar-refractivity contribution in [3.05, 3.63) is 70.4 Å². The minimum atomic E-state index is -0.281. The van der Waals surface area contributed by atoms with Crippen LogP contribution in [-0.2, 0) is 6.54 Å². The molecule has 3 aromatic rings. The number of nitrogens with zero attached hydrogens (tertiary/aromatic N) is 3. The molecule has 2 aromatic heterocycles. The average molecular weight is 371 g/mol. The van der Waals surface area contributed by atoms with E-state index in [1.165, 1.54) is 7.11 Å². The molecule has 0 atom stereocenters. The fraction of sp³-hybridized carbons (Fsp3) is 0.211. The van der Waals surface area contributed by atoms with E-state index in [9.17, 15) is 4.79 Å². The molecule has 0 saturated heterocycles. The highest BCUT2D eigenvalue weighted by molar-refractivity contribution is 6.31. The summed E-state index contributed by atoms with van der Waals surface area (Å²) in [6, 6.07) is 9.06. The van der Waals surface area contributed by atoms with Gasteiger partial charge in [0, 0.05) is 17.8 Å². The third-order valence-corrected chi connectivity index (χ3v) is 4.48. The molecule has 0 bridgehead atoms. The van der Waals surface area contributed by atoms with Crippen LogP contribution in [0.2, 0.25) is 5.02 Å². The first-order valence-corrected chi connectivity index (χ1v) is 8.45. The molecule has 1 N–H and O–H groups in total. The van der Waals surface area contributed by atoms with Crippen LogP contribution in [-0.4, -0.2) is 27.6 Å². The summed E-state index contributed by atoms with van der Waals surface area (Å²) in [4.78, 5) is 21.0. The highest BCUT2D eigenvalue weighted by atomic mass is 35.5. The Hall–Kier alpha value is -2.86. The predicted octanol–water partition coefficient (Wildman–Crippen LogP) is 3.48. The van der Waals surface area contributed by atoms with Crippen LogP contribution < -0.4 is 10.1 Å². The van der Waals surface area contributed by atoms with Crippen LogP contribution in [0.15, 0.2) is 42.9 Å². The standard InChI is InChI=1S/C19H19ClN4O2/c1-12-10-24(11-22-12)17-8-7-16(23-19(17)26-3)18(25)21-9-14-5-4-6-15(20)13(14)2/h4-8,10-11H,9H2,1-3H3,(H,21,25). The summed E-state index contributed by atoms with van der Waals surface area (Å²) in [6.45, 7) is 4.20. The van der Waals surface area contributed by atoms with Gasteiger partial charge in [0.2, 0.25) is 5.88 Å². The normalized spacial score (nSPS) is 10.6. The molecule has 2 heterocycles. The molecule has 0 radical (unpaired) electrons. The van der Waals surface area contributed by atoms with Crippen LogP contribution in [0.5, 0.6) is 5.88 Å². The van der Waals surface area contributed by atoms with Gasteiger partial charge in [-0.1, -0.05) is 23.7 Å². The van der Waals surface area contributed by atoms with Crippen LogP contribution in [0.1, 0.15) is 27.3 Å². The lowest BCUT2D eigenvalue weighted by atomic mass is 10.1. The molecule has 0 aliphatic heterocycles. The van der Waals surface area contributed by atoms with Gasteiger partial charge in [-0.15, -0.1) is 0 Å². The Kier molecular flexibility index (Phi) is 5.23. The molecule has 6 nitrogen and oxygen atoms in total. The lowest BCUT2D eigenvalue weighted by Gasteiger charge is -2.11. The van der Waals surface area contributed by atoms with Gasteiger partial charge in [-0.3, -0.25) is 4.79 Å². The summed E-state index contributed by atoms with van der Waals surface area (Å²) in [6.07, 6.45) is 3.54. The monoisotopic (exact) mass is 370 g/mol. The number of benzene rings is 1. The van der Waals surface area contributed by atoms with E-state index >= 15 is 0 Å². The second-order valence-corrected chi connectivity index (χ2v) is 6.26. The van der Waals surface area contributed by atoms with Crippen molar-refractivity contribution in [1.29, 1.82) is 0 Å². The largest absolute Gasteiger partial charge is 0.479 e. The molecule has 0 aliphatic rings. The van der Waals surface area contributed by atoms with Crippen molar-refractivity contribution in [3.63, 3.8) is 0 Å². The summed E-state index contributed by atoms with van der Waals surface area (Å²) in [5, 5.41) is 3.54. The van der Waals surface area contributed by atoms with Crippen LogP contribution in [0.25, 0.3) is 5.69 Å². The van der Waals surface area contributed by atoms with E-state index in [0.717, 1.165) is 22.5 Å². The predicted molar refractivity (Wildman–Crippen MR) is 100 cm³/mol. The number of hydrogen-bond donors (Lipinski definition) is 1. The second kappa shape index (κ2) is 7.58. The minimum Gasteiger partial charge on any atom is -0.479 e. The first-order chi connectivity index (χ1) is 12.5. The summed E-state index contributed by atoms with van der Waals surface area (Å²) >= 11 is 6.11. The third-order valence-electron chi connectivity index (χ3n) is 4.08. The molecular formula is C19H19ClN4O2. The zero-order valence-corrected chi connectivity index (χ0v) is 15.5. The Morgan fingerprint density at radius 1 is 1.27 bits per heavy atom. The number of amides is 1. The van der Waals surface area contributed by atoms with Crippen molar-refractivity contribution in [1.82, 2.24) is 19.9 Å². The molecule has 26 heavy (non-hydrogen) atoms. The second-order valence-electron chi connectivity index (χ2n) is 5.85. The first kappa shape index (κ1) is 17.9. The van der Waals surface area contributed by atoms with Gasteiger partial charge < -0.3 is 14.6 Å². The molecule has 7 heteroatoms. The lowest BCUT2D eigenvalue weighted by molar-refractivity contribution is 0.0945. The summed E-state index contributed by atoms with van der Waals surface area (Å²) < 4.78 is 7.14. The smallest absolute Gasteiger partial charge is 0.270 e. The first-order valence-electron chi connectivity index (χ1n) is 8.07. The Labute approximate surface area is 156 Å². The summed E-state index contributed by atoms with van der Waals surface area (Å²) in [5.74, 6) is 0.0741. The van der Waals surface area contributed by atoms with Crippen LogP contribution in [0.4, 0.5) is 0 Å². The number of hydrogen-bond acceptors (Lipinski definition) is 4. The van der Waals surface area contributed by atoms with E-state index in [2.05, 4.69) is 15.3 Å². The number of imidazole rings is 1. The number of carbonyl (C=O) groups is 1. The molecular weight excluding hydrogens is 352 g/mol. The highest BCUT2D eigenvalue weighted by Crippen LogP contribution is 2.21. The maximum absolute atomic E-state index is 12.5. The summed E-state index contributed by atoms with van der Waals surface area (Å²) in [5.41, 5.74) is 3.79. The van der Waals surface area contributed by atoms with Crippen molar-refractivity contribution in [2.75, 3.05) is 7.11 Å². The minimum absolute atomic E-state index is 0.280. The molecule has 0 fully saturated rings. The van der Waals surface area contributed by atoms with Crippen LogP contribution in [0.3, 0.4) is 0 Å². The number of ether oxygens (including phenoxy) is 1. The molecule has 0 saturated carbocycles. The average Bonchev–Trinajstić information content (AvgIpc) is 3.08. The molecule has 3 rings (SSSR count). The quantitative estimate of drug-likeness (QED) is 0.746. The van der Waals surface area contributed by atoms with E-state index in [4.69, 9.17) is 16.3 Å². The number of carbonyl (C=O) groups excluding carboxylic acids is 1. The Balaban J connectivity index is 1.78. The molecule has 0 unspecified atom stereocenters. The number of aromatic nitrogens is 3. The summed E-state index contributed by atoms with van der Waals surface area (Å²) in [7, 11) is 1.52. The van der Waals surface area contributed by atoms with Gasteiger partial charge in [0.05, 0.1) is 19.1 Å². The van der Waals surface area contributed by atoms with Crippen molar-refractivity contribution in [2.45, 2.75) is 20.4 Å². The van der Waals surface area contributed by atoms with Crippen molar-refractivity contribution < 1.29 is 9.53 Å². The maximum atomic E-state index is 12.5. The van der Waals surface area contributed by atoms with Crippen LogP contribution in [0, 0.1) is 13.8 Å². The zero-order valence-electron chi connectivity index (χ0n) is 14.8. The topological polar surface area (TPSA) is 69.0 Å². The molecule has 1 aromatic carbocycles. The van der Waals surface area contributed by atoms with Gasteiger partial charge in [0.15, 0.2) is 0 Å². The Morgan fingerprint density at radius 2 is 2.08 bits per heavy atom. The number of rotatable bonds is 5. The SMILES string of the molecule is COc1nc(C(=O)NCc2cccc(Cl)c2C)ccc1-n1cnc(C)c1. The van der Waals surface area contributed by atoms with E-state index < -0.39 is 0 Å². The van der Waals surface area contributed by atoms with Gasteiger partial charge in [0.25, 0.3) is 5.91 Å². The highest BCUT2D eigenvalue weighted by Gasteiger charge is 2.14. The molecule has 0 spiro atoms. The number of pyridine rings is 1. The van der Waals surface area contributed by atoms with E-state index in [-0.39, 0.29) is 11.6 Å². The fourth-order valence-corrected chi connectivity index (χ4v) is 2.76.